The Morgan fingerprint density at radius 3 is 2.57 bits per heavy atom. The standard InChI is InChI=1S/C15H15N3O3/c16-12-4-1-10(2-5-12)3-6-14(19)18-13-7-11(15(20)21)8-17-9-13/h1-2,4-5,7-9H,3,6,16H2,(H,18,19)(H,20,21). The number of amides is 1. The summed E-state index contributed by atoms with van der Waals surface area (Å²) in [7, 11) is 0. The maximum atomic E-state index is 11.8. The third kappa shape index (κ3) is 4.31. The molecule has 0 radical (unpaired) electrons. The minimum Gasteiger partial charge on any atom is -0.478 e. The summed E-state index contributed by atoms with van der Waals surface area (Å²) in [5, 5.41) is 11.5. The van der Waals surface area contributed by atoms with Crippen molar-refractivity contribution in [2.45, 2.75) is 12.8 Å². The van der Waals surface area contributed by atoms with Gasteiger partial charge in [-0.05, 0) is 30.2 Å². The van der Waals surface area contributed by atoms with Gasteiger partial charge in [0, 0.05) is 18.3 Å². The number of pyridine rings is 1. The predicted molar refractivity (Wildman–Crippen MR) is 79.0 cm³/mol. The van der Waals surface area contributed by atoms with Crippen molar-refractivity contribution in [1.82, 2.24) is 4.98 Å². The van der Waals surface area contributed by atoms with E-state index in [1.807, 2.05) is 12.1 Å². The summed E-state index contributed by atoms with van der Waals surface area (Å²) in [5.74, 6) is -1.28. The van der Waals surface area contributed by atoms with Crippen LogP contribution in [-0.2, 0) is 11.2 Å². The molecule has 108 valence electrons. The lowest BCUT2D eigenvalue weighted by atomic mass is 10.1. The first kappa shape index (κ1) is 14.5. The first-order valence-electron chi connectivity index (χ1n) is 6.37. The highest BCUT2D eigenvalue weighted by Gasteiger charge is 2.07. The third-order valence-electron chi connectivity index (χ3n) is 2.89. The number of carbonyl (C=O) groups is 2. The highest BCUT2D eigenvalue weighted by molar-refractivity contribution is 5.93. The van der Waals surface area contributed by atoms with Gasteiger partial charge in [-0.15, -0.1) is 0 Å². The summed E-state index contributed by atoms with van der Waals surface area (Å²) in [6, 6.07) is 8.68. The van der Waals surface area contributed by atoms with Gasteiger partial charge in [0.15, 0.2) is 0 Å². The Morgan fingerprint density at radius 1 is 1.19 bits per heavy atom. The SMILES string of the molecule is Nc1ccc(CCC(=O)Nc2cncc(C(=O)O)c2)cc1. The van der Waals surface area contributed by atoms with E-state index in [0.717, 1.165) is 5.56 Å². The topological polar surface area (TPSA) is 105 Å². The summed E-state index contributed by atoms with van der Waals surface area (Å²) in [6.45, 7) is 0. The Balaban J connectivity index is 1.91. The van der Waals surface area contributed by atoms with Crippen molar-refractivity contribution >= 4 is 23.3 Å². The molecule has 0 aliphatic heterocycles. The second-order valence-electron chi connectivity index (χ2n) is 4.56. The van der Waals surface area contributed by atoms with Crippen molar-refractivity contribution in [3.8, 4) is 0 Å². The number of nitrogens with one attached hydrogen (secondary N) is 1. The molecule has 0 fully saturated rings. The van der Waals surface area contributed by atoms with Gasteiger partial charge < -0.3 is 16.2 Å². The number of rotatable bonds is 5. The number of carboxylic acids is 1. The molecule has 21 heavy (non-hydrogen) atoms. The lowest BCUT2D eigenvalue weighted by Crippen LogP contribution is -2.13. The smallest absolute Gasteiger partial charge is 0.337 e. The molecule has 6 nitrogen and oxygen atoms in total. The van der Waals surface area contributed by atoms with Crippen LogP contribution in [0.1, 0.15) is 22.3 Å². The van der Waals surface area contributed by atoms with E-state index in [9.17, 15) is 9.59 Å². The average Bonchev–Trinajstić information content (AvgIpc) is 2.47. The maximum Gasteiger partial charge on any atom is 0.337 e. The molecule has 0 unspecified atom stereocenters. The zero-order chi connectivity index (χ0) is 15.2. The van der Waals surface area contributed by atoms with Crippen LogP contribution in [0, 0.1) is 0 Å². The van der Waals surface area contributed by atoms with E-state index in [-0.39, 0.29) is 11.5 Å². The Hall–Kier alpha value is -2.89. The minimum absolute atomic E-state index is 0.0336. The number of nitrogen functional groups attached to an aromatic ring is 1. The summed E-state index contributed by atoms with van der Waals surface area (Å²) >= 11 is 0. The van der Waals surface area contributed by atoms with Gasteiger partial charge in [-0.2, -0.15) is 0 Å². The Kier molecular flexibility index (Phi) is 4.50. The van der Waals surface area contributed by atoms with Crippen LogP contribution >= 0.6 is 0 Å². The first-order valence-corrected chi connectivity index (χ1v) is 6.37. The molecule has 4 N–H and O–H groups in total. The van der Waals surface area contributed by atoms with E-state index in [2.05, 4.69) is 10.3 Å². The molecule has 0 aliphatic rings. The fourth-order valence-electron chi connectivity index (χ4n) is 1.79. The molecule has 0 aliphatic carbocycles. The second kappa shape index (κ2) is 6.51. The summed E-state index contributed by atoms with van der Waals surface area (Å²) in [6.07, 6.45) is 3.51. The lowest BCUT2D eigenvalue weighted by molar-refractivity contribution is -0.116. The van der Waals surface area contributed by atoms with Gasteiger partial charge in [0.25, 0.3) is 0 Å². The zero-order valence-corrected chi connectivity index (χ0v) is 11.2. The van der Waals surface area contributed by atoms with Crippen LogP contribution in [0.25, 0.3) is 0 Å². The molecular weight excluding hydrogens is 270 g/mol. The van der Waals surface area contributed by atoms with E-state index in [4.69, 9.17) is 10.8 Å². The Labute approximate surface area is 121 Å². The van der Waals surface area contributed by atoms with Gasteiger partial charge in [-0.3, -0.25) is 9.78 Å². The molecule has 1 heterocycles. The van der Waals surface area contributed by atoms with Crippen LogP contribution in [0.4, 0.5) is 11.4 Å². The van der Waals surface area contributed by atoms with Crippen molar-refractivity contribution in [2.75, 3.05) is 11.1 Å². The molecule has 1 amide bonds. The molecule has 0 atom stereocenters. The van der Waals surface area contributed by atoms with Crippen LogP contribution in [0.3, 0.4) is 0 Å². The lowest BCUT2D eigenvalue weighted by Gasteiger charge is -2.06. The quantitative estimate of drug-likeness (QED) is 0.728. The number of benzene rings is 1. The van der Waals surface area contributed by atoms with Gasteiger partial charge in [0.2, 0.25) is 5.91 Å². The van der Waals surface area contributed by atoms with Crippen molar-refractivity contribution in [1.29, 1.82) is 0 Å². The van der Waals surface area contributed by atoms with Crippen LogP contribution in [-0.4, -0.2) is 22.0 Å². The maximum absolute atomic E-state index is 11.8. The number of hydrogen-bond acceptors (Lipinski definition) is 4. The number of aryl methyl sites for hydroxylation is 1. The van der Waals surface area contributed by atoms with Gasteiger partial charge >= 0.3 is 5.97 Å². The van der Waals surface area contributed by atoms with E-state index >= 15 is 0 Å². The van der Waals surface area contributed by atoms with Gasteiger partial charge in [0.05, 0.1) is 17.4 Å². The number of nitrogens with two attached hydrogens (primary N) is 1. The fraction of sp³-hybridized carbons (Fsp3) is 0.133. The number of anilines is 2. The van der Waals surface area contributed by atoms with E-state index < -0.39 is 5.97 Å². The number of nitrogens with zero attached hydrogens (tertiary/aromatic N) is 1. The Morgan fingerprint density at radius 2 is 1.90 bits per heavy atom. The van der Waals surface area contributed by atoms with Crippen molar-refractivity contribution in [3.63, 3.8) is 0 Å². The number of carbonyl (C=O) groups excluding carboxylic acids is 1. The van der Waals surface area contributed by atoms with Crippen LogP contribution in [0.2, 0.25) is 0 Å². The van der Waals surface area contributed by atoms with Crippen molar-refractivity contribution in [3.05, 3.63) is 53.9 Å². The number of aromatic nitrogens is 1. The molecule has 6 heteroatoms. The monoisotopic (exact) mass is 285 g/mol. The molecule has 0 saturated heterocycles. The molecule has 2 aromatic rings. The summed E-state index contributed by atoms with van der Waals surface area (Å²) in [4.78, 5) is 26.4. The van der Waals surface area contributed by atoms with Crippen LogP contribution in [0.5, 0.6) is 0 Å². The van der Waals surface area contributed by atoms with Gasteiger partial charge in [-0.1, -0.05) is 12.1 Å². The van der Waals surface area contributed by atoms with Crippen LogP contribution < -0.4 is 11.1 Å². The molecule has 2 rings (SSSR count). The third-order valence-corrected chi connectivity index (χ3v) is 2.89. The Bertz CT molecular complexity index is 653. The number of carboxylic acid groups (broad SMARTS) is 1. The molecule has 1 aromatic carbocycles. The molecule has 0 bridgehead atoms. The molecule has 0 spiro atoms. The van der Waals surface area contributed by atoms with Gasteiger partial charge in [-0.25, -0.2) is 4.79 Å². The van der Waals surface area contributed by atoms with E-state index in [1.54, 1.807) is 12.1 Å². The predicted octanol–water partition coefficient (Wildman–Crippen LogP) is 1.93. The van der Waals surface area contributed by atoms with E-state index in [1.165, 1.54) is 18.5 Å². The highest BCUT2D eigenvalue weighted by atomic mass is 16.4. The first-order chi connectivity index (χ1) is 10.0. The van der Waals surface area contributed by atoms with E-state index in [0.29, 0.717) is 24.2 Å². The number of aromatic carboxylic acids is 1. The van der Waals surface area contributed by atoms with Gasteiger partial charge in [0.1, 0.15) is 0 Å². The number of hydrogen-bond donors (Lipinski definition) is 3. The minimum atomic E-state index is -1.08. The zero-order valence-electron chi connectivity index (χ0n) is 11.2. The average molecular weight is 285 g/mol. The molecule has 1 aromatic heterocycles. The van der Waals surface area contributed by atoms with Crippen LogP contribution in [0.15, 0.2) is 42.7 Å². The summed E-state index contributed by atoms with van der Waals surface area (Å²) in [5.41, 5.74) is 7.69. The fourth-order valence-corrected chi connectivity index (χ4v) is 1.79. The highest BCUT2D eigenvalue weighted by Crippen LogP contribution is 2.11. The second-order valence-corrected chi connectivity index (χ2v) is 4.56. The normalized spacial score (nSPS) is 10.1. The van der Waals surface area contributed by atoms with Crippen molar-refractivity contribution in [2.24, 2.45) is 0 Å². The largest absolute Gasteiger partial charge is 0.478 e. The summed E-state index contributed by atoms with van der Waals surface area (Å²) < 4.78 is 0. The molecular formula is C15H15N3O3. The molecule has 0 saturated carbocycles. The van der Waals surface area contributed by atoms with Crippen molar-refractivity contribution < 1.29 is 14.7 Å².